The van der Waals surface area contributed by atoms with Crippen molar-refractivity contribution in [2.24, 2.45) is 0 Å². The maximum atomic E-state index is 11.8. The highest BCUT2D eigenvalue weighted by Crippen LogP contribution is 2.16. The molecule has 1 heterocycles. The highest BCUT2D eigenvalue weighted by atomic mass is 32.2. The zero-order valence-electron chi connectivity index (χ0n) is 14.1. The molecule has 0 aliphatic carbocycles. The van der Waals surface area contributed by atoms with Crippen LogP contribution in [0, 0.1) is 0 Å². The summed E-state index contributed by atoms with van der Waals surface area (Å²) in [6, 6.07) is 6.08. The van der Waals surface area contributed by atoms with Crippen LogP contribution < -0.4 is 15.4 Å². The standard InChI is InChI=1S/C16H25N3O4S/c1-12(2)23-5-6-24(21,22)19-11-16(20)18-8-13-3-4-14-9-17-10-15(14)7-13/h3-4,7,12,17,19H,5-6,8-11H2,1-2H3,(H,18,20). The van der Waals surface area contributed by atoms with Gasteiger partial charge >= 0.3 is 0 Å². The molecule has 134 valence electrons. The van der Waals surface area contributed by atoms with Crippen LogP contribution in [-0.4, -0.2) is 39.3 Å². The predicted molar refractivity (Wildman–Crippen MR) is 91.7 cm³/mol. The third-order valence-corrected chi connectivity index (χ3v) is 4.94. The fourth-order valence-corrected chi connectivity index (χ4v) is 3.17. The lowest BCUT2D eigenvalue weighted by atomic mass is 10.1. The van der Waals surface area contributed by atoms with Crippen LogP contribution in [0.3, 0.4) is 0 Å². The van der Waals surface area contributed by atoms with Crippen molar-refractivity contribution in [2.45, 2.75) is 39.6 Å². The summed E-state index contributed by atoms with van der Waals surface area (Å²) in [4.78, 5) is 11.8. The van der Waals surface area contributed by atoms with Crippen molar-refractivity contribution in [3.63, 3.8) is 0 Å². The Bertz CT molecular complexity index is 674. The van der Waals surface area contributed by atoms with Crippen molar-refractivity contribution in [3.05, 3.63) is 34.9 Å². The van der Waals surface area contributed by atoms with Crippen LogP contribution in [0.25, 0.3) is 0 Å². The molecule has 8 heteroatoms. The normalized spacial score (nSPS) is 14.0. The van der Waals surface area contributed by atoms with Gasteiger partial charge in [0, 0.05) is 19.6 Å². The Morgan fingerprint density at radius 2 is 2.04 bits per heavy atom. The zero-order valence-corrected chi connectivity index (χ0v) is 14.9. The van der Waals surface area contributed by atoms with E-state index in [1.54, 1.807) is 0 Å². The van der Waals surface area contributed by atoms with Crippen LogP contribution in [0.2, 0.25) is 0 Å². The molecular formula is C16H25N3O4S. The average molecular weight is 355 g/mol. The van der Waals surface area contributed by atoms with E-state index in [2.05, 4.69) is 21.4 Å². The molecule has 0 aromatic heterocycles. The first-order valence-corrected chi connectivity index (χ1v) is 9.68. The molecule has 1 aromatic rings. The number of hydrogen-bond donors (Lipinski definition) is 3. The largest absolute Gasteiger partial charge is 0.378 e. The number of amides is 1. The van der Waals surface area contributed by atoms with Crippen LogP contribution in [0.15, 0.2) is 18.2 Å². The molecule has 0 unspecified atom stereocenters. The Morgan fingerprint density at radius 3 is 2.79 bits per heavy atom. The summed E-state index contributed by atoms with van der Waals surface area (Å²) in [6.45, 7) is 5.61. The molecular weight excluding hydrogens is 330 g/mol. The van der Waals surface area contributed by atoms with E-state index in [0.29, 0.717) is 6.54 Å². The number of carbonyl (C=O) groups is 1. The second kappa shape index (κ2) is 8.57. The van der Waals surface area contributed by atoms with Gasteiger partial charge in [-0.2, -0.15) is 0 Å². The van der Waals surface area contributed by atoms with E-state index in [1.165, 1.54) is 11.1 Å². The van der Waals surface area contributed by atoms with Crippen LogP contribution in [-0.2, 0) is 39.2 Å². The predicted octanol–water partition coefficient (Wildman–Crippen LogP) is 0.250. The number of nitrogens with one attached hydrogen (secondary N) is 3. The Balaban J connectivity index is 1.71. The Hall–Kier alpha value is -1.48. The van der Waals surface area contributed by atoms with Crippen LogP contribution in [0.4, 0.5) is 0 Å². The molecule has 0 radical (unpaired) electrons. The van der Waals surface area contributed by atoms with Crippen molar-refractivity contribution >= 4 is 15.9 Å². The van der Waals surface area contributed by atoms with Crippen LogP contribution in [0.5, 0.6) is 0 Å². The van der Waals surface area contributed by atoms with Crippen molar-refractivity contribution in [2.75, 3.05) is 18.9 Å². The summed E-state index contributed by atoms with van der Waals surface area (Å²) in [7, 11) is -3.51. The van der Waals surface area contributed by atoms with Crippen molar-refractivity contribution in [1.82, 2.24) is 15.4 Å². The molecule has 1 aliphatic heterocycles. The minimum absolute atomic E-state index is 0.0222. The van der Waals surface area contributed by atoms with E-state index in [-0.39, 0.29) is 30.9 Å². The molecule has 0 bridgehead atoms. The first kappa shape index (κ1) is 18.9. The minimum atomic E-state index is -3.51. The van der Waals surface area contributed by atoms with Gasteiger partial charge < -0.3 is 15.4 Å². The quantitative estimate of drug-likeness (QED) is 0.590. The average Bonchev–Trinajstić information content (AvgIpc) is 2.98. The third-order valence-electron chi connectivity index (χ3n) is 3.65. The Kier molecular flexibility index (Phi) is 6.73. The number of ether oxygens (including phenoxy) is 1. The van der Waals surface area contributed by atoms with E-state index in [0.717, 1.165) is 18.7 Å². The maximum Gasteiger partial charge on any atom is 0.235 e. The lowest BCUT2D eigenvalue weighted by Gasteiger charge is -2.10. The number of carbonyl (C=O) groups excluding carboxylic acids is 1. The Morgan fingerprint density at radius 1 is 1.29 bits per heavy atom. The van der Waals surface area contributed by atoms with Gasteiger partial charge in [0.15, 0.2) is 0 Å². The van der Waals surface area contributed by atoms with Gasteiger partial charge in [-0.05, 0) is 30.5 Å². The van der Waals surface area contributed by atoms with Crippen molar-refractivity contribution in [3.8, 4) is 0 Å². The lowest BCUT2D eigenvalue weighted by molar-refractivity contribution is -0.120. The van der Waals surface area contributed by atoms with Gasteiger partial charge in [-0.25, -0.2) is 13.1 Å². The van der Waals surface area contributed by atoms with Gasteiger partial charge in [0.05, 0.1) is 25.0 Å². The van der Waals surface area contributed by atoms with Crippen LogP contribution in [0.1, 0.15) is 30.5 Å². The number of hydrogen-bond acceptors (Lipinski definition) is 5. The molecule has 0 atom stereocenters. The molecule has 3 N–H and O–H groups in total. The summed E-state index contributed by atoms with van der Waals surface area (Å²) >= 11 is 0. The molecule has 1 amide bonds. The highest BCUT2D eigenvalue weighted by molar-refractivity contribution is 7.89. The molecule has 2 rings (SSSR count). The van der Waals surface area contributed by atoms with E-state index >= 15 is 0 Å². The van der Waals surface area contributed by atoms with Gasteiger partial charge in [-0.3, -0.25) is 4.79 Å². The molecule has 7 nitrogen and oxygen atoms in total. The fourth-order valence-electron chi connectivity index (χ4n) is 2.36. The maximum absolute atomic E-state index is 11.8. The number of sulfonamides is 1. The van der Waals surface area contributed by atoms with Gasteiger partial charge in [-0.1, -0.05) is 18.2 Å². The zero-order chi connectivity index (χ0) is 17.6. The van der Waals surface area contributed by atoms with Gasteiger partial charge in [0.25, 0.3) is 0 Å². The topological polar surface area (TPSA) is 96.5 Å². The second-order valence-corrected chi connectivity index (χ2v) is 7.97. The van der Waals surface area contributed by atoms with E-state index in [1.807, 2.05) is 26.0 Å². The smallest absolute Gasteiger partial charge is 0.235 e. The Labute approximate surface area is 143 Å². The van der Waals surface area contributed by atoms with Gasteiger partial charge in [0.2, 0.25) is 15.9 Å². The first-order valence-electron chi connectivity index (χ1n) is 8.03. The molecule has 0 saturated carbocycles. The molecule has 0 spiro atoms. The molecule has 1 aromatic carbocycles. The van der Waals surface area contributed by atoms with E-state index < -0.39 is 10.0 Å². The fraction of sp³-hybridized carbons (Fsp3) is 0.562. The number of fused-ring (bicyclic) bond motifs is 1. The number of benzene rings is 1. The van der Waals surface area contributed by atoms with Gasteiger partial charge in [-0.15, -0.1) is 0 Å². The summed E-state index contributed by atoms with van der Waals surface area (Å²) in [6.07, 6.45) is -0.0222. The SMILES string of the molecule is CC(C)OCCS(=O)(=O)NCC(=O)NCc1ccc2c(c1)CNC2. The molecule has 1 aliphatic rings. The van der Waals surface area contributed by atoms with Gasteiger partial charge in [0.1, 0.15) is 0 Å². The second-order valence-electron chi connectivity index (χ2n) is 6.04. The molecule has 24 heavy (non-hydrogen) atoms. The van der Waals surface area contributed by atoms with Crippen molar-refractivity contribution in [1.29, 1.82) is 0 Å². The monoisotopic (exact) mass is 355 g/mol. The summed E-state index contributed by atoms with van der Waals surface area (Å²) in [5.41, 5.74) is 3.52. The van der Waals surface area contributed by atoms with Crippen LogP contribution >= 0.6 is 0 Å². The van der Waals surface area contributed by atoms with Crippen molar-refractivity contribution < 1.29 is 17.9 Å². The van der Waals surface area contributed by atoms with E-state index in [9.17, 15) is 13.2 Å². The lowest BCUT2D eigenvalue weighted by Crippen LogP contribution is -2.38. The summed E-state index contributed by atoms with van der Waals surface area (Å²) in [5.74, 6) is -0.516. The highest BCUT2D eigenvalue weighted by Gasteiger charge is 2.13. The van der Waals surface area contributed by atoms with E-state index in [4.69, 9.17) is 4.74 Å². The third kappa shape index (κ3) is 6.20. The molecule has 0 saturated heterocycles. The first-order chi connectivity index (χ1) is 11.4. The number of rotatable bonds is 9. The molecule has 0 fully saturated rings. The summed E-state index contributed by atoms with van der Waals surface area (Å²) in [5, 5.41) is 5.99. The minimum Gasteiger partial charge on any atom is -0.378 e. The summed E-state index contributed by atoms with van der Waals surface area (Å²) < 4.78 is 31.0.